The second-order valence-corrected chi connectivity index (χ2v) is 4.40. The van der Waals surface area contributed by atoms with Gasteiger partial charge in [-0.15, -0.1) is 6.58 Å². The van der Waals surface area contributed by atoms with Crippen LogP contribution in [0, 0.1) is 10.5 Å². The van der Waals surface area contributed by atoms with E-state index in [9.17, 15) is 0 Å². The molecule has 0 aliphatic heterocycles. The predicted molar refractivity (Wildman–Crippen MR) is 71.3 cm³/mol. The summed E-state index contributed by atoms with van der Waals surface area (Å²) in [7, 11) is 0. The molecule has 0 atom stereocenters. The van der Waals surface area contributed by atoms with Gasteiger partial charge in [0.2, 0.25) is 0 Å². The second-order valence-electron chi connectivity index (χ2n) is 3.33. The first-order valence-corrected chi connectivity index (χ1v) is 5.79. The van der Waals surface area contributed by atoms with Gasteiger partial charge in [0.25, 0.3) is 0 Å². The maximum absolute atomic E-state index is 4.47. The summed E-state index contributed by atoms with van der Waals surface area (Å²) in [6.07, 6.45) is 5.88. The molecule has 0 bridgehead atoms. The lowest BCUT2D eigenvalue weighted by atomic mass is 10.4. The van der Waals surface area contributed by atoms with E-state index in [2.05, 4.69) is 45.5 Å². The smallest absolute Gasteiger partial charge is 0.152 e. The minimum absolute atomic E-state index is 0.770. The van der Waals surface area contributed by atoms with Crippen LogP contribution in [0.5, 0.6) is 0 Å². The monoisotopic (exact) mass is 313 g/mol. The Morgan fingerprint density at radius 2 is 2.47 bits per heavy atom. The van der Waals surface area contributed by atoms with Gasteiger partial charge in [-0.1, -0.05) is 6.08 Å². The molecule has 0 unspecified atom stereocenters. The Hall–Kier alpha value is -1.04. The van der Waals surface area contributed by atoms with E-state index in [4.69, 9.17) is 0 Å². The fraction of sp³-hybridized carbons (Fsp3) is 0.182. The number of fused-ring (bicyclic) bond motifs is 1. The third-order valence-electron chi connectivity index (χ3n) is 2.12. The van der Waals surface area contributed by atoms with Gasteiger partial charge in [0.15, 0.2) is 5.65 Å². The SMILES string of the molecule is C=CCNc1ccn2cc(C)nc2c1I. The van der Waals surface area contributed by atoms with Crippen molar-refractivity contribution in [3.8, 4) is 0 Å². The Bertz CT molecular complexity index is 502. The standard InChI is InChI=1S/C11H12IN3/c1-3-5-13-9-4-6-15-7-8(2)14-11(15)10(9)12/h3-4,6-7,13H,1,5H2,2H3. The third kappa shape index (κ3) is 1.99. The van der Waals surface area contributed by atoms with E-state index in [0.29, 0.717) is 0 Å². The van der Waals surface area contributed by atoms with Gasteiger partial charge < -0.3 is 9.72 Å². The lowest BCUT2D eigenvalue weighted by Crippen LogP contribution is -2.01. The summed E-state index contributed by atoms with van der Waals surface area (Å²) in [6.45, 7) is 6.46. The molecule has 2 heterocycles. The van der Waals surface area contributed by atoms with Crippen molar-refractivity contribution >= 4 is 33.9 Å². The first kappa shape index (κ1) is 10.5. The van der Waals surface area contributed by atoms with Crippen LogP contribution in [-0.2, 0) is 0 Å². The van der Waals surface area contributed by atoms with Gasteiger partial charge in [0.05, 0.1) is 15.0 Å². The predicted octanol–water partition coefficient (Wildman–Crippen LogP) is 2.85. The zero-order valence-corrected chi connectivity index (χ0v) is 10.7. The summed E-state index contributed by atoms with van der Waals surface area (Å²) in [5.41, 5.74) is 3.14. The minimum Gasteiger partial charge on any atom is -0.381 e. The van der Waals surface area contributed by atoms with E-state index in [1.165, 1.54) is 0 Å². The molecule has 0 aliphatic rings. The molecule has 15 heavy (non-hydrogen) atoms. The van der Waals surface area contributed by atoms with E-state index < -0.39 is 0 Å². The molecule has 0 radical (unpaired) electrons. The molecule has 3 nitrogen and oxygen atoms in total. The molecule has 4 heteroatoms. The first-order chi connectivity index (χ1) is 7.22. The molecule has 1 N–H and O–H groups in total. The van der Waals surface area contributed by atoms with Crippen LogP contribution in [-0.4, -0.2) is 15.9 Å². The van der Waals surface area contributed by atoms with Crippen molar-refractivity contribution < 1.29 is 0 Å². The molecule has 0 amide bonds. The average Bonchev–Trinajstić information content (AvgIpc) is 2.59. The van der Waals surface area contributed by atoms with E-state index in [-0.39, 0.29) is 0 Å². The molecule has 78 valence electrons. The van der Waals surface area contributed by atoms with Crippen molar-refractivity contribution in [2.75, 3.05) is 11.9 Å². The molecular weight excluding hydrogens is 301 g/mol. The summed E-state index contributed by atoms with van der Waals surface area (Å²) in [5.74, 6) is 0. The summed E-state index contributed by atoms with van der Waals surface area (Å²) in [4.78, 5) is 4.47. The quantitative estimate of drug-likeness (QED) is 0.697. The van der Waals surface area contributed by atoms with Crippen LogP contribution in [0.4, 0.5) is 5.69 Å². The molecule has 0 aromatic carbocycles. The zero-order chi connectivity index (χ0) is 10.8. The Balaban J connectivity index is 2.49. The van der Waals surface area contributed by atoms with Gasteiger partial charge in [-0.2, -0.15) is 0 Å². The molecule has 0 fully saturated rings. The van der Waals surface area contributed by atoms with Crippen LogP contribution in [0.25, 0.3) is 5.65 Å². The second kappa shape index (κ2) is 4.22. The Labute approximate surface area is 102 Å². The molecule has 0 spiro atoms. The number of pyridine rings is 1. The maximum Gasteiger partial charge on any atom is 0.152 e. The van der Waals surface area contributed by atoms with Gasteiger partial charge in [-0.3, -0.25) is 0 Å². The largest absolute Gasteiger partial charge is 0.381 e. The van der Waals surface area contributed by atoms with Crippen molar-refractivity contribution in [1.29, 1.82) is 0 Å². The number of aryl methyl sites for hydroxylation is 1. The lowest BCUT2D eigenvalue weighted by molar-refractivity contribution is 1.17. The Morgan fingerprint density at radius 3 is 3.20 bits per heavy atom. The van der Waals surface area contributed by atoms with E-state index in [0.717, 1.165) is 27.1 Å². The zero-order valence-electron chi connectivity index (χ0n) is 8.50. The fourth-order valence-corrected chi connectivity index (χ4v) is 2.23. The fourth-order valence-electron chi connectivity index (χ4n) is 1.46. The number of hydrogen-bond acceptors (Lipinski definition) is 2. The number of nitrogens with one attached hydrogen (secondary N) is 1. The highest BCUT2D eigenvalue weighted by Crippen LogP contribution is 2.22. The molecule has 2 rings (SSSR count). The van der Waals surface area contributed by atoms with Crippen molar-refractivity contribution in [3.05, 3.63) is 40.4 Å². The van der Waals surface area contributed by atoms with Gasteiger partial charge in [0, 0.05) is 18.9 Å². The van der Waals surface area contributed by atoms with Gasteiger partial charge in [0.1, 0.15) is 0 Å². The highest BCUT2D eigenvalue weighted by molar-refractivity contribution is 14.1. The molecule has 2 aromatic rings. The van der Waals surface area contributed by atoms with Crippen LogP contribution >= 0.6 is 22.6 Å². The number of imidazole rings is 1. The minimum atomic E-state index is 0.770. The molecule has 0 aliphatic carbocycles. The normalized spacial score (nSPS) is 10.5. The molecule has 0 saturated carbocycles. The molecule has 0 saturated heterocycles. The summed E-state index contributed by atoms with van der Waals surface area (Å²) >= 11 is 2.31. The van der Waals surface area contributed by atoms with Crippen LogP contribution in [0.3, 0.4) is 0 Å². The lowest BCUT2D eigenvalue weighted by Gasteiger charge is -2.06. The van der Waals surface area contributed by atoms with Crippen LogP contribution < -0.4 is 5.32 Å². The Morgan fingerprint density at radius 1 is 1.67 bits per heavy atom. The van der Waals surface area contributed by atoms with Gasteiger partial charge in [-0.25, -0.2) is 4.98 Å². The summed E-state index contributed by atoms with van der Waals surface area (Å²) in [5, 5.41) is 3.29. The van der Waals surface area contributed by atoms with Crippen LogP contribution in [0.1, 0.15) is 5.69 Å². The third-order valence-corrected chi connectivity index (χ3v) is 3.19. The number of halogens is 1. The van der Waals surface area contributed by atoms with Crippen molar-refractivity contribution in [2.24, 2.45) is 0 Å². The highest BCUT2D eigenvalue weighted by atomic mass is 127. The molecular formula is C11H12IN3. The van der Waals surface area contributed by atoms with Crippen LogP contribution in [0.15, 0.2) is 31.1 Å². The van der Waals surface area contributed by atoms with Crippen molar-refractivity contribution in [3.63, 3.8) is 0 Å². The van der Waals surface area contributed by atoms with Gasteiger partial charge in [-0.05, 0) is 35.6 Å². The molecule has 2 aromatic heterocycles. The summed E-state index contributed by atoms with van der Waals surface area (Å²) in [6, 6.07) is 2.05. The van der Waals surface area contributed by atoms with E-state index >= 15 is 0 Å². The number of hydrogen-bond donors (Lipinski definition) is 1. The number of anilines is 1. The van der Waals surface area contributed by atoms with Crippen molar-refractivity contribution in [1.82, 2.24) is 9.38 Å². The van der Waals surface area contributed by atoms with Crippen molar-refractivity contribution in [2.45, 2.75) is 6.92 Å². The van der Waals surface area contributed by atoms with E-state index in [1.54, 1.807) is 0 Å². The number of nitrogens with zero attached hydrogens (tertiary/aromatic N) is 2. The topological polar surface area (TPSA) is 29.3 Å². The Kier molecular flexibility index (Phi) is 2.95. The highest BCUT2D eigenvalue weighted by Gasteiger charge is 2.06. The summed E-state index contributed by atoms with van der Waals surface area (Å²) < 4.78 is 3.18. The van der Waals surface area contributed by atoms with Crippen LogP contribution in [0.2, 0.25) is 0 Å². The van der Waals surface area contributed by atoms with Gasteiger partial charge >= 0.3 is 0 Å². The van der Waals surface area contributed by atoms with E-state index in [1.807, 2.05) is 29.8 Å². The first-order valence-electron chi connectivity index (χ1n) is 4.71. The maximum atomic E-state index is 4.47. The number of aromatic nitrogens is 2. The average molecular weight is 313 g/mol. The number of rotatable bonds is 3.